The number of hydrogen-bond acceptors (Lipinski definition) is 5. The van der Waals surface area contributed by atoms with Crippen LogP contribution in [0.4, 0.5) is 0 Å². The molecule has 27 heavy (non-hydrogen) atoms. The Balaban J connectivity index is 2.22. The average molecular weight is 373 g/mol. The third kappa shape index (κ3) is 5.54. The molecule has 2 aromatic carbocycles. The quantitative estimate of drug-likeness (QED) is 0.609. The summed E-state index contributed by atoms with van der Waals surface area (Å²) < 4.78 is 21.7. The first kappa shape index (κ1) is 20.9. The minimum Gasteiger partial charge on any atom is -0.493 e. The van der Waals surface area contributed by atoms with Gasteiger partial charge in [-0.3, -0.25) is 0 Å². The summed E-state index contributed by atoms with van der Waals surface area (Å²) in [5.74, 6) is 3.05. The number of ether oxygens (including phenoxy) is 4. The van der Waals surface area contributed by atoms with Crippen LogP contribution in [-0.4, -0.2) is 41.5 Å². The molecule has 0 aliphatic carbocycles. The van der Waals surface area contributed by atoms with Gasteiger partial charge in [-0.1, -0.05) is 13.0 Å². The second kappa shape index (κ2) is 10.7. The Hall–Kier alpha value is -2.40. The molecular weight excluding hydrogens is 342 g/mol. The van der Waals surface area contributed by atoms with Gasteiger partial charge in [-0.05, 0) is 73.3 Å². The van der Waals surface area contributed by atoms with Crippen LogP contribution in [0.25, 0.3) is 0 Å². The first-order valence-corrected chi connectivity index (χ1v) is 9.32. The summed E-state index contributed by atoms with van der Waals surface area (Å²) in [5.41, 5.74) is 3.77. The Morgan fingerprint density at radius 3 is 1.78 bits per heavy atom. The molecule has 0 aliphatic heterocycles. The molecule has 2 rings (SSSR count). The maximum atomic E-state index is 5.50. The molecule has 148 valence electrons. The van der Waals surface area contributed by atoms with Gasteiger partial charge in [0.2, 0.25) is 0 Å². The van der Waals surface area contributed by atoms with Crippen molar-refractivity contribution >= 4 is 0 Å². The zero-order chi connectivity index (χ0) is 19.6. The summed E-state index contributed by atoms with van der Waals surface area (Å²) in [6.07, 6.45) is 2.77. The average Bonchev–Trinajstić information content (AvgIpc) is 2.72. The van der Waals surface area contributed by atoms with Crippen molar-refractivity contribution in [1.82, 2.24) is 5.32 Å². The van der Waals surface area contributed by atoms with Gasteiger partial charge >= 0.3 is 0 Å². The van der Waals surface area contributed by atoms with Crippen LogP contribution in [0.2, 0.25) is 0 Å². The third-order valence-corrected chi connectivity index (χ3v) is 4.66. The molecule has 2 aromatic rings. The van der Waals surface area contributed by atoms with Crippen molar-refractivity contribution < 1.29 is 18.9 Å². The van der Waals surface area contributed by atoms with E-state index < -0.39 is 0 Å². The standard InChI is InChI=1S/C22H31NO4/c1-6-23-12-11-18-15-22(27-5)21(26-4)14-17(18)9-7-16-8-10-19(24-2)20(13-16)25-3/h8,10,13-15,23H,6-7,9,11-12H2,1-5H3. The van der Waals surface area contributed by atoms with Crippen LogP contribution in [0.15, 0.2) is 30.3 Å². The highest BCUT2D eigenvalue weighted by molar-refractivity contribution is 5.48. The van der Waals surface area contributed by atoms with E-state index in [0.29, 0.717) is 0 Å². The Morgan fingerprint density at radius 2 is 1.22 bits per heavy atom. The van der Waals surface area contributed by atoms with Crippen LogP contribution in [-0.2, 0) is 19.3 Å². The van der Waals surface area contributed by atoms with Crippen LogP contribution < -0.4 is 24.3 Å². The number of likely N-dealkylation sites (N-methyl/N-ethyl adjacent to an activating group) is 1. The minimum atomic E-state index is 0.749. The lowest BCUT2D eigenvalue weighted by atomic mass is 9.97. The Bertz CT molecular complexity index is 730. The number of aryl methyl sites for hydroxylation is 2. The molecule has 0 bridgehead atoms. The first-order chi connectivity index (χ1) is 13.2. The fraction of sp³-hybridized carbons (Fsp3) is 0.455. The van der Waals surface area contributed by atoms with Crippen LogP contribution in [0.5, 0.6) is 23.0 Å². The van der Waals surface area contributed by atoms with Crippen molar-refractivity contribution in [2.45, 2.75) is 26.2 Å². The van der Waals surface area contributed by atoms with E-state index in [1.807, 2.05) is 12.1 Å². The largest absolute Gasteiger partial charge is 0.493 e. The maximum absolute atomic E-state index is 5.50. The van der Waals surface area contributed by atoms with Gasteiger partial charge in [-0.2, -0.15) is 0 Å². The number of hydrogen-bond donors (Lipinski definition) is 1. The lowest BCUT2D eigenvalue weighted by Gasteiger charge is -2.16. The smallest absolute Gasteiger partial charge is 0.161 e. The normalized spacial score (nSPS) is 10.6. The molecule has 0 aliphatic rings. The first-order valence-electron chi connectivity index (χ1n) is 9.32. The number of nitrogens with one attached hydrogen (secondary N) is 1. The Labute approximate surface area is 162 Å². The van der Waals surface area contributed by atoms with Gasteiger partial charge in [0, 0.05) is 0 Å². The van der Waals surface area contributed by atoms with Gasteiger partial charge in [0.1, 0.15) is 0 Å². The Kier molecular flexibility index (Phi) is 8.27. The molecule has 0 aromatic heterocycles. The molecule has 0 fully saturated rings. The van der Waals surface area contributed by atoms with Gasteiger partial charge in [0.15, 0.2) is 23.0 Å². The summed E-state index contributed by atoms with van der Waals surface area (Å²) >= 11 is 0. The van der Waals surface area contributed by atoms with Gasteiger partial charge in [-0.25, -0.2) is 0 Å². The van der Waals surface area contributed by atoms with E-state index >= 15 is 0 Å². The van der Waals surface area contributed by atoms with Gasteiger partial charge in [-0.15, -0.1) is 0 Å². The van der Waals surface area contributed by atoms with Crippen molar-refractivity contribution in [2.75, 3.05) is 41.5 Å². The van der Waals surface area contributed by atoms with Gasteiger partial charge in [0.05, 0.1) is 28.4 Å². The van der Waals surface area contributed by atoms with Crippen LogP contribution in [0, 0.1) is 0 Å². The highest BCUT2D eigenvalue weighted by Crippen LogP contribution is 2.32. The topological polar surface area (TPSA) is 49.0 Å². The molecule has 0 heterocycles. The summed E-state index contributed by atoms with van der Waals surface area (Å²) in [6.45, 7) is 4.02. The van der Waals surface area contributed by atoms with Crippen molar-refractivity contribution in [2.24, 2.45) is 0 Å². The van der Waals surface area contributed by atoms with E-state index in [4.69, 9.17) is 18.9 Å². The summed E-state index contributed by atoms with van der Waals surface area (Å²) in [7, 11) is 6.66. The number of rotatable bonds is 11. The Morgan fingerprint density at radius 1 is 0.667 bits per heavy atom. The lowest BCUT2D eigenvalue weighted by molar-refractivity contribution is 0.354. The van der Waals surface area contributed by atoms with Crippen LogP contribution in [0.1, 0.15) is 23.6 Å². The van der Waals surface area contributed by atoms with Crippen molar-refractivity contribution in [1.29, 1.82) is 0 Å². The summed E-state index contributed by atoms with van der Waals surface area (Å²) in [5, 5.41) is 3.39. The highest BCUT2D eigenvalue weighted by Gasteiger charge is 2.12. The molecule has 0 amide bonds. The molecule has 0 unspecified atom stereocenters. The van der Waals surface area contributed by atoms with Crippen molar-refractivity contribution in [3.63, 3.8) is 0 Å². The maximum Gasteiger partial charge on any atom is 0.161 e. The predicted octanol–water partition coefficient (Wildman–Crippen LogP) is 3.66. The molecule has 5 nitrogen and oxygen atoms in total. The van der Waals surface area contributed by atoms with E-state index in [-0.39, 0.29) is 0 Å². The van der Waals surface area contributed by atoms with E-state index in [1.165, 1.54) is 16.7 Å². The predicted molar refractivity (Wildman–Crippen MR) is 109 cm³/mol. The van der Waals surface area contributed by atoms with E-state index in [9.17, 15) is 0 Å². The summed E-state index contributed by atoms with van der Waals surface area (Å²) in [6, 6.07) is 10.3. The molecule has 0 saturated carbocycles. The van der Waals surface area contributed by atoms with E-state index in [2.05, 4.69) is 30.4 Å². The van der Waals surface area contributed by atoms with Gasteiger partial charge < -0.3 is 24.3 Å². The van der Waals surface area contributed by atoms with Crippen LogP contribution in [0.3, 0.4) is 0 Å². The van der Waals surface area contributed by atoms with Crippen molar-refractivity contribution in [3.05, 3.63) is 47.0 Å². The van der Waals surface area contributed by atoms with Crippen LogP contribution >= 0.6 is 0 Å². The molecule has 0 radical (unpaired) electrons. The minimum absolute atomic E-state index is 0.749. The second-order valence-electron chi connectivity index (χ2n) is 6.27. The number of methoxy groups -OCH3 is 4. The third-order valence-electron chi connectivity index (χ3n) is 4.66. The zero-order valence-corrected chi connectivity index (χ0v) is 17.1. The van der Waals surface area contributed by atoms with E-state index in [0.717, 1.165) is 55.4 Å². The lowest BCUT2D eigenvalue weighted by Crippen LogP contribution is -2.17. The van der Waals surface area contributed by atoms with E-state index in [1.54, 1.807) is 28.4 Å². The SMILES string of the molecule is CCNCCc1cc(OC)c(OC)cc1CCc1ccc(OC)c(OC)c1. The van der Waals surface area contributed by atoms with Crippen molar-refractivity contribution in [3.8, 4) is 23.0 Å². The highest BCUT2D eigenvalue weighted by atomic mass is 16.5. The summed E-state index contributed by atoms with van der Waals surface area (Å²) in [4.78, 5) is 0. The molecule has 0 spiro atoms. The number of benzene rings is 2. The monoisotopic (exact) mass is 373 g/mol. The second-order valence-corrected chi connectivity index (χ2v) is 6.27. The molecular formula is C22H31NO4. The molecule has 0 atom stereocenters. The van der Waals surface area contributed by atoms with Gasteiger partial charge in [0.25, 0.3) is 0 Å². The molecule has 0 saturated heterocycles. The fourth-order valence-electron chi connectivity index (χ4n) is 3.14. The molecule has 1 N–H and O–H groups in total. The fourth-order valence-corrected chi connectivity index (χ4v) is 3.14. The zero-order valence-electron chi connectivity index (χ0n) is 17.1. The molecule has 5 heteroatoms.